The first-order chi connectivity index (χ1) is 12.1. The van der Waals surface area contributed by atoms with E-state index in [-0.39, 0.29) is 5.56 Å². The summed E-state index contributed by atoms with van der Waals surface area (Å²) in [5.74, 6) is 1.64. The highest BCUT2D eigenvalue weighted by molar-refractivity contribution is 7.80. The molecule has 0 saturated carbocycles. The van der Waals surface area contributed by atoms with Crippen LogP contribution in [0.4, 0.5) is 5.69 Å². The highest BCUT2D eigenvalue weighted by atomic mass is 32.1. The van der Waals surface area contributed by atoms with Gasteiger partial charge >= 0.3 is 0 Å². The Morgan fingerprint density at radius 2 is 1.96 bits per heavy atom. The lowest BCUT2D eigenvalue weighted by Crippen LogP contribution is -2.50. The standard InChI is InChI=1S/C19H21N3O2S/c1-24-16-7-5-15(6-8-16)20-19(25)21-10-13-9-14(12-21)17-3-2-4-18(23)22(17)11-13/h2-8,13-14H,9-12H2,1H3,(H,20,25)/t13-,14+/m1/s1. The summed E-state index contributed by atoms with van der Waals surface area (Å²) in [6, 6.07) is 13.3. The lowest BCUT2D eigenvalue weighted by atomic mass is 9.83. The first kappa shape index (κ1) is 16.1. The second kappa shape index (κ2) is 6.52. The van der Waals surface area contributed by atoms with Gasteiger partial charge < -0.3 is 19.5 Å². The van der Waals surface area contributed by atoms with E-state index in [9.17, 15) is 4.79 Å². The van der Waals surface area contributed by atoms with Crippen molar-refractivity contribution in [3.63, 3.8) is 0 Å². The molecule has 2 aliphatic heterocycles. The molecule has 0 aliphatic carbocycles. The molecule has 130 valence electrons. The minimum atomic E-state index is 0.111. The topological polar surface area (TPSA) is 46.5 Å². The van der Waals surface area contributed by atoms with Gasteiger partial charge in [0, 0.05) is 43.0 Å². The maximum atomic E-state index is 12.1. The number of anilines is 1. The van der Waals surface area contributed by atoms with Crippen LogP contribution in [0.2, 0.25) is 0 Å². The van der Waals surface area contributed by atoms with E-state index in [0.29, 0.717) is 11.8 Å². The number of nitrogens with one attached hydrogen (secondary N) is 1. The number of aromatic nitrogens is 1. The minimum absolute atomic E-state index is 0.111. The summed E-state index contributed by atoms with van der Waals surface area (Å²) in [7, 11) is 1.66. The number of hydrogen-bond acceptors (Lipinski definition) is 3. The lowest BCUT2D eigenvalue weighted by molar-refractivity contribution is 0.180. The number of fused-ring (bicyclic) bond motifs is 4. The fourth-order valence-electron chi connectivity index (χ4n) is 3.94. The molecule has 1 saturated heterocycles. The van der Waals surface area contributed by atoms with E-state index >= 15 is 0 Å². The molecule has 5 nitrogen and oxygen atoms in total. The molecule has 1 aromatic heterocycles. The van der Waals surface area contributed by atoms with Crippen molar-refractivity contribution in [1.82, 2.24) is 9.47 Å². The zero-order chi connectivity index (χ0) is 17.4. The van der Waals surface area contributed by atoms with Gasteiger partial charge in [-0.25, -0.2) is 0 Å². The number of ether oxygens (including phenoxy) is 1. The number of benzene rings is 1. The predicted molar refractivity (Wildman–Crippen MR) is 102 cm³/mol. The van der Waals surface area contributed by atoms with Gasteiger partial charge in [0.15, 0.2) is 5.11 Å². The van der Waals surface area contributed by atoms with Crippen molar-refractivity contribution in [1.29, 1.82) is 0 Å². The Morgan fingerprint density at radius 3 is 2.72 bits per heavy atom. The van der Waals surface area contributed by atoms with Crippen LogP contribution in [0, 0.1) is 5.92 Å². The van der Waals surface area contributed by atoms with E-state index in [2.05, 4.69) is 16.3 Å². The first-order valence-electron chi connectivity index (χ1n) is 8.54. The molecule has 6 heteroatoms. The zero-order valence-electron chi connectivity index (χ0n) is 14.1. The number of piperidine rings is 1. The molecule has 4 rings (SSSR count). The smallest absolute Gasteiger partial charge is 0.250 e. The molecule has 1 aromatic carbocycles. The maximum Gasteiger partial charge on any atom is 0.250 e. The van der Waals surface area contributed by atoms with Crippen LogP contribution >= 0.6 is 12.2 Å². The molecule has 2 bridgehead atoms. The highest BCUT2D eigenvalue weighted by Gasteiger charge is 2.35. The van der Waals surface area contributed by atoms with Gasteiger partial charge in [0.2, 0.25) is 0 Å². The second-order valence-electron chi connectivity index (χ2n) is 6.76. The van der Waals surface area contributed by atoms with Crippen LogP contribution in [0.3, 0.4) is 0 Å². The number of hydrogen-bond donors (Lipinski definition) is 1. The minimum Gasteiger partial charge on any atom is -0.497 e. The Hall–Kier alpha value is -2.34. The van der Waals surface area contributed by atoms with Crippen LogP contribution < -0.4 is 15.6 Å². The molecule has 0 radical (unpaired) electrons. The summed E-state index contributed by atoms with van der Waals surface area (Å²) in [4.78, 5) is 14.3. The summed E-state index contributed by atoms with van der Waals surface area (Å²) >= 11 is 5.63. The molecular weight excluding hydrogens is 334 g/mol. The SMILES string of the molecule is COc1ccc(NC(=S)N2C[C@H]3C[C@@H](C2)c2cccc(=O)n2C3)cc1. The van der Waals surface area contributed by atoms with Gasteiger partial charge in [-0.05, 0) is 54.9 Å². The first-order valence-corrected chi connectivity index (χ1v) is 8.94. The van der Waals surface area contributed by atoms with Crippen molar-refractivity contribution >= 4 is 23.0 Å². The third-order valence-electron chi connectivity index (χ3n) is 5.11. The van der Waals surface area contributed by atoms with Crippen molar-refractivity contribution in [3.8, 4) is 5.75 Å². The summed E-state index contributed by atoms with van der Waals surface area (Å²) in [6.45, 7) is 2.52. The maximum absolute atomic E-state index is 12.1. The summed E-state index contributed by atoms with van der Waals surface area (Å²) in [6.07, 6.45) is 1.13. The Labute approximate surface area is 152 Å². The molecule has 25 heavy (non-hydrogen) atoms. The highest BCUT2D eigenvalue weighted by Crippen LogP contribution is 2.35. The fraction of sp³-hybridized carbons (Fsp3) is 0.368. The van der Waals surface area contributed by atoms with E-state index in [1.54, 1.807) is 13.2 Å². The summed E-state index contributed by atoms with van der Waals surface area (Å²) in [5.41, 5.74) is 2.21. The van der Waals surface area contributed by atoms with Crippen LogP contribution in [-0.2, 0) is 6.54 Å². The average molecular weight is 355 g/mol. The van der Waals surface area contributed by atoms with Crippen molar-refractivity contribution in [2.75, 3.05) is 25.5 Å². The number of thiocarbonyl (C=S) groups is 1. The van der Waals surface area contributed by atoms with Gasteiger partial charge in [-0.3, -0.25) is 4.79 Å². The van der Waals surface area contributed by atoms with Gasteiger partial charge in [0.1, 0.15) is 5.75 Å². The second-order valence-corrected chi connectivity index (χ2v) is 7.15. The van der Waals surface area contributed by atoms with Crippen molar-refractivity contribution in [2.45, 2.75) is 18.9 Å². The Bertz CT molecular complexity index is 846. The normalized spacial score (nSPS) is 21.4. The van der Waals surface area contributed by atoms with E-state index in [0.717, 1.165) is 48.3 Å². The zero-order valence-corrected chi connectivity index (χ0v) is 15.0. The van der Waals surface area contributed by atoms with Crippen LogP contribution in [0.5, 0.6) is 5.75 Å². The van der Waals surface area contributed by atoms with Crippen LogP contribution in [0.1, 0.15) is 18.0 Å². The Kier molecular flexibility index (Phi) is 4.21. The lowest BCUT2D eigenvalue weighted by Gasteiger charge is -2.43. The van der Waals surface area contributed by atoms with Gasteiger partial charge in [0.05, 0.1) is 7.11 Å². The Morgan fingerprint density at radius 1 is 1.16 bits per heavy atom. The van der Waals surface area contributed by atoms with Gasteiger partial charge in [-0.2, -0.15) is 0 Å². The quantitative estimate of drug-likeness (QED) is 0.840. The van der Waals surface area contributed by atoms with Crippen LogP contribution in [-0.4, -0.2) is 34.8 Å². The van der Waals surface area contributed by atoms with Gasteiger partial charge in [0.25, 0.3) is 5.56 Å². The van der Waals surface area contributed by atoms with Crippen molar-refractivity contribution < 1.29 is 4.74 Å². The predicted octanol–water partition coefficient (Wildman–Crippen LogP) is 2.67. The molecular formula is C19H21N3O2S. The molecule has 1 fully saturated rings. The monoisotopic (exact) mass is 355 g/mol. The molecule has 0 unspecified atom stereocenters. The largest absolute Gasteiger partial charge is 0.497 e. The molecule has 3 heterocycles. The molecule has 0 spiro atoms. The molecule has 2 atom stereocenters. The van der Waals surface area contributed by atoms with E-state index in [1.807, 2.05) is 34.9 Å². The van der Waals surface area contributed by atoms with Gasteiger partial charge in [-0.15, -0.1) is 0 Å². The molecule has 2 aliphatic rings. The average Bonchev–Trinajstić information content (AvgIpc) is 2.63. The summed E-state index contributed by atoms with van der Waals surface area (Å²) < 4.78 is 7.13. The number of methoxy groups -OCH3 is 1. The molecule has 2 aromatic rings. The number of nitrogens with zero attached hydrogens (tertiary/aromatic N) is 2. The van der Waals surface area contributed by atoms with Crippen molar-refractivity contribution in [2.24, 2.45) is 5.92 Å². The van der Waals surface area contributed by atoms with Crippen LogP contribution in [0.15, 0.2) is 47.3 Å². The number of pyridine rings is 1. The third-order valence-corrected chi connectivity index (χ3v) is 5.47. The van der Waals surface area contributed by atoms with Gasteiger partial charge in [-0.1, -0.05) is 6.07 Å². The van der Waals surface area contributed by atoms with E-state index in [4.69, 9.17) is 17.0 Å². The fourth-order valence-corrected chi connectivity index (χ4v) is 4.21. The number of rotatable bonds is 2. The van der Waals surface area contributed by atoms with E-state index in [1.165, 1.54) is 0 Å². The number of likely N-dealkylation sites (tertiary alicyclic amines) is 1. The Balaban J connectivity index is 1.49. The third kappa shape index (κ3) is 3.14. The molecule has 1 N–H and O–H groups in total. The summed E-state index contributed by atoms with van der Waals surface area (Å²) in [5, 5.41) is 4.06. The van der Waals surface area contributed by atoms with Crippen LogP contribution in [0.25, 0.3) is 0 Å². The molecule has 0 amide bonds. The van der Waals surface area contributed by atoms with E-state index < -0.39 is 0 Å². The van der Waals surface area contributed by atoms with Crippen molar-refractivity contribution in [3.05, 3.63) is 58.5 Å².